The Hall–Kier alpha value is -1.02. The maximum atomic E-state index is 6.19. The zero-order valence-electron chi connectivity index (χ0n) is 11.1. The molecule has 1 aliphatic carbocycles. The van der Waals surface area contributed by atoms with E-state index in [1.807, 2.05) is 11.2 Å². The Morgan fingerprint density at radius 3 is 2.53 bits per heavy atom. The summed E-state index contributed by atoms with van der Waals surface area (Å²) in [5.41, 5.74) is 2.41. The van der Waals surface area contributed by atoms with Gasteiger partial charge in [0.2, 0.25) is 0 Å². The van der Waals surface area contributed by atoms with Crippen molar-refractivity contribution in [2.45, 2.75) is 40.2 Å². The minimum atomic E-state index is 0.317. The van der Waals surface area contributed by atoms with Crippen LogP contribution in [-0.4, -0.2) is 17.8 Å². The van der Waals surface area contributed by atoms with E-state index in [1.165, 1.54) is 11.1 Å². The Bertz CT molecular complexity index is 376. The predicted molar refractivity (Wildman–Crippen MR) is 76.1 cm³/mol. The van der Waals surface area contributed by atoms with E-state index in [0.717, 1.165) is 11.5 Å². The summed E-state index contributed by atoms with van der Waals surface area (Å²) in [6.45, 7) is 12.1. The lowest BCUT2D eigenvalue weighted by Crippen LogP contribution is -2.19. The predicted octanol–water partition coefficient (Wildman–Crippen LogP) is 4.31. The van der Waals surface area contributed by atoms with Gasteiger partial charge in [-0.15, -0.1) is 0 Å². The minimum absolute atomic E-state index is 0.317. The van der Waals surface area contributed by atoms with Gasteiger partial charge in [0, 0.05) is 24.0 Å². The van der Waals surface area contributed by atoms with Crippen molar-refractivity contribution < 1.29 is 0 Å². The van der Waals surface area contributed by atoms with Gasteiger partial charge in [-0.05, 0) is 37.3 Å². The molecule has 0 spiro atoms. The van der Waals surface area contributed by atoms with E-state index in [2.05, 4.69) is 51.7 Å². The molecular formula is C14H21ClN2. The summed E-state index contributed by atoms with van der Waals surface area (Å²) < 4.78 is 0. The normalized spacial score (nSPS) is 18.4. The summed E-state index contributed by atoms with van der Waals surface area (Å²) in [7, 11) is 0. The molecule has 0 aliphatic heterocycles. The SMILES string of the molecule is C=NN(/C=C1/C=C(C(C)C)C(Cl)=CC1)C(C)C. The lowest BCUT2D eigenvalue weighted by molar-refractivity contribution is 0.328. The van der Waals surface area contributed by atoms with E-state index >= 15 is 0 Å². The van der Waals surface area contributed by atoms with Gasteiger partial charge in [0.25, 0.3) is 0 Å². The van der Waals surface area contributed by atoms with E-state index in [0.29, 0.717) is 12.0 Å². The molecule has 0 N–H and O–H groups in total. The van der Waals surface area contributed by atoms with Crippen LogP contribution in [0.3, 0.4) is 0 Å². The highest BCUT2D eigenvalue weighted by atomic mass is 35.5. The van der Waals surface area contributed by atoms with Crippen molar-refractivity contribution in [3.05, 3.63) is 34.5 Å². The molecule has 0 bridgehead atoms. The van der Waals surface area contributed by atoms with Crippen molar-refractivity contribution in [2.75, 3.05) is 0 Å². The lowest BCUT2D eigenvalue weighted by atomic mass is 9.94. The van der Waals surface area contributed by atoms with E-state index in [1.54, 1.807) is 0 Å². The lowest BCUT2D eigenvalue weighted by Gasteiger charge is -2.21. The molecule has 0 unspecified atom stereocenters. The number of nitrogens with zero attached hydrogens (tertiary/aromatic N) is 2. The summed E-state index contributed by atoms with van der Waals surface area (Å²) in [6, 6.07) is 0.317. The summed E-state index contributed by atoms with van der Waals surface area (Å²) in [6.07, 6.45) is 7.12. The molecule has 0 fully saturated rings. The van der Waals surface area contributed by atoms with E-state index in [9.17, 15) is 0 Å². The van der Waals surface area contributed by atoms with Crippen molar-refractivity contribution in [2.24, 2.45) is 11.0 Å². The number of hydrazone groups is 1. The molecule has 1 rings (SSSR count). The molecule has 0 atom stereocenters. The van der Waals surface area contributed by atoms with Gasteiger partial charge in [-0.1, -0.05) is 37.6 Å². The first-order valence-electron chi connectivity index (χ1n) is 5.99. The van der Waals surface area contributed by atoms with Gasteiger partial charge >= 0.3 is 0 Å². The topological polar surface area (TPSA) is 15.6 Å². The molecule has 0 saturated heterocycles. The van der Waals surface area contributed by atoms with Crippen LogP contribution in [0.25, 0.3) is 0 Å². The molecule has 17 heavy (non-hydrogen) atoms. The zero-order valence-corrected chi connectivity index (χ0v) is 11.8. The Kier molecular flexibility index (Phi) is 5.01. The third-order valence-electron chi connectivity index (χ3n) is 2.75. The molecule has 1 aliphatic rings. The molecule has 0 saturated carbocycles. The maximum absolute atomic E-state index is 6.19. The quantitative estimate of drug-likeness (QED) is 0.538. The van der Waals surface area contributed by atoms with Gasteiger partial charge in [0.05, 0.1) is 0 Å². The van der Waals surface area contributed by atoms with Crippen LogP contribution >= 0.6 is 11.6 Å². The number of hydrogen-bond acceptors (Lipinski definition) is 2. The van der Waals surface area contributed by atoms with Gasteiger partial charge in [-0.25, -0.2) is 0 Å². The minimum Gasteiger partial charge on any atom is -0.271 e. The van der Waals surface area contributed by atoms with Gasteiger partial charge in [-0.3, -0.25) is 5.01 Å². The number of rotatable bonds is 4. The number of allylic oxidation sites excluding steroid dienone is 5. The fourth-order valence-electron chi connectivity index (χ4n) is 1.71. The van der Waals surface area contributed by atoms with Crippen molar-refractivity contribution in [3.8, 4) is 0 Å². The molecule has 0 aromatic carbocycles. The second-order valence-electron chi connectivity index (χ2n) is 4.83. The molecule has 0 aromatic heterocycles. The van der Waals surface area contributed by atoms with Crippen LogP contribution < -0.4 is 0 Å². The van der Waals surface area contributed by atoms with Gasteiger partial charge < -0.3 is 0 Å². The van der Waals surface area contributed by atoms with Gasteiger partial charge in [-0.2, -0.15) is 5.10 Å². The van der Waals surface area contributed by atoms with E-state index in [4.69, 9.17) is 11.6 Å². The molecule has 0 aromatic rings. The molecular weight excluding hydrogens is 232 g/mol. The van der Waals surface area contributed by atoms with Crippen LogP contribution in [0.4, 0.5) is 0 Å². The number of halogens is 1. The monoisotopic (exact) mass is 252 g/mol. The third-order valence-corrected chi connectivity index (χ3v) is 3.12. The molecule has 2 nitrogen and oxygen atoms in total. The summed E-state index contributed by atoms with van der Waals surface area (Å²) in [4.78, 5) is 0. The highest BCUT2D eigenvalue weighted by Crippen LogP contribution is 2.30. The Morgan fingerprint density at radius 1 is 1.41 bits per heavy atom. The summed E-state index contributed by atoms with van der Waals surface area (Å²) in [5, 5.41) is 6.74. The third kappa shape index (κ3) is 3.74. The van der Waals surface area contributed by atoms with Crippen molar-refractivity contribution in [1.29, 1.82) is 0 Å². The molecule has 94 valence electrons. The fraction of sp³-hybridized carbons (Fsp3) is 0.500. The van der Waals surface area contributed by atoms with Crippen molar-refractivity contribution in [1.82, 2.24) is 5.01 Å². The van der Waals surface area contributed by atoms with Gasteiger partial charge in [0.1, 0.15) is 0 Å². The van der Waals surface area contributed by atoms with Crippen LogP contribution in [0.5, 0.6) is 0 Å². The maximum Gasteiger partial charge on any atom is 0.0462 e. The Morgan fingerprint density at radius 2 is 2.06 bits per heavy atom. The van der Waals surface area contributed by atoms with Crippen LogP contribution in [-0.2, 0) is 0 Å². The summed E-state index contributed by atoms with van der Waals surface area (Å²) >= 11 is 6.19. The summed E-state index contributed by atoms with van der Waals surface area (Å²) in [5.74, 6) is 0.437. The molecule has 0 radical (unpaired) electrons. The van der Waals surface area contributed by atoms with Crippen LogP contribution in [0.2, 0.25) is 0 Å². The average Bonchev–Trinajstić information content (AvgIpc) is 2.27. The van der Waals surface area contributed by atoms with E-state index < -0.39 is 0 Å². The first kappa shape index (κ1) is 14.0. The highest BCUT2D eigenvalue weighted by Gasteiger charge is 2.13. The van der Waals surface area contributed by atoms with Crippen LogP contribution in [0.1, 0.15) is 34.1 Å². The standard InChI is InChI=1S/C14H21ClN2/c1-10(2)13-8-12(6-7-14(13)15)9-17(16-5)11(3)4/h7-11H,5-6H2,1-4H3/b12-9+. The second kappa shape index (κ2) is 6.06. The van der Waals surface area contributed by atoms with Gasteiger partial charge in [0.15, 0.2) is 0 Å². The second-order valence-corrected chi connectivity index (χ2v) is 5.24. The van der Waals surface area contributed by atoms with Crippen LogP contribution in [0, 0.1) is 5.92 Å². The first-order valence-corrected chi connectivity index (χ1v) is 6.36. The Balaban J connectivity index is 2.95. The molecule has 0 heterocycles. The highest BCUT2D eigenvalue weighted by molar-refractivity contribution is 6.32. The first-order chi connectivity index (χ1) is 7.95. The molecule has 3 heteroatoms. The zero-order chi connectivity index (χ0) is 13.0. The largest absolute Gasteiger partial charge is 0.271 e. The van der Waals surface area contributed by atoms with Crippen LogP contribution in [0.15, 0.2) is 39.6 Å². The van der Waals surface area contributed by atoms with Crippen molar-refractivity contribution in [3.63, 3.8) is 0 Å². The van der Waals surface area contributed by atoms with E-state index in [-0.39, 0.29) is 0 Å². The Labute approximate surface area is 109 Å². The molecule has 0 amide bonds. The average molecular weight is 253 g/mol. The number of hydrogen-bond donors (Lipinski definition) is 0. The fourth-order valence-corrected chi connectivity index (χ4v) is 2.06. The smallest absolute Gasteiger partial charge is 0.0462 e. The van der Waals surface area contributed by atoms with Crippen molar-refractivity contribution >= 4 is 18.3 Å².